The fourth-order valence-electron chi connectivity index (χ4n) is 4.05. The number of anilines is 1. The topological polar surface area (TPSA) is 103 Å². The van der Waals surface area contributed by atoms with Gasteiger partial charge in [-0.05, 0) is 50.2 Å². The Kier molecular flexibility index (Phi) is 5.78. The lowest BCUT2D eigenvalue weighted by Crippen LogP contribution is -2.45. The van der Waals surface area contributed by atoms with Gasteiger partial charge in [-0.1, -0.05) is 17.6 Å². The summed E-state index contributed by atoms with van der Waals surface area (Å²) < 4.78 is 16.9. The molecule has 0 bridgehead atoms. The van der Waals surface area contributed by atoms with Crippen LogP contribution in [-0.4, -0.2) is 33.5 Å². The normalized spacial score (nSPS) is 16.8. The van der Waals surface area contributed by atoms with Gasteiger partial charge >= 0.3 is 11.7 Å². The van der Waals surface area contributed by atoms with Crippen LogP contribution in [0.2, 0.25) is 0 Å². The minimum Gasteiger partial charge on any atom is -0.481 e. The second-order valence-corrected chi connectivity index (χ2v) is 8.19. The molecular formula is C21H26FN3O5. The summed E-state index contributed by atoms with van der Waals surface area (Å²) in [5, 5.41) is 11.9. The number of rotatable bonds is 9. The molecule has 0 atom stereocenters. The van der Waals surface area contributed by atoms with E-state index in [2.05, 4.69) is 5.32 Å². The zero-order valence-electron chi connectivity index (χ0n) is 16.7. The van der Waals surface area contributed by atoms with Crippen LogP contribution in [0.4, 0.5) is 10.1 Å². The van der Waals surface area contributed by atoms with Crippen molar-refractivity contribution in [3.8, 4) is 0 Å². The number of nitrogens with zero attached hydrogens (tertiary/aromatic N) is 2. The van der Waals surface area contributed by atoms with Crippen LogP contribution in [0.5, 0.6) is 0 Å². The molecule has 1 aromatic carbocycles. The molecule has 0 radical (unpaired) electrons. The number of carboxylic acid groups (broad SMARTS) is 1. The van der Waals surface area contributed by atoms with E-state index in [-0.39, 0.29) is 30.9 Å². The number of hydrogen-bond acceptors (Lipinski definition) is 5. The Morgan fingerprint density at radius 1 is 1.20 bits per heavy atom. The molecule has 0 spiro atoms. The highest BCUT2D eigenvalue weighted by molar-refractivity contribution is 5.82. The van der Waals surface area contributed by atoms with Crippen molar-refractivity contribution in [2.24, 2.45) is 5.92 Å². The van der Waals surface area contributed by atoms with Crippen LogP contribution < -0.4 is 21.4 Å². The summed E-state index contributed by atoms with van der Waals surface area (Å²) in [5.41, 5.74) is -0.635. The molecule has 2 aromatic rings. The number of hydrogen-bond donors (Lipinski definition) is 2. The van der Waals surface area contributed by atoms with Crippen LogP contribution in [-0.2, 0) is 4.79 Å². The molecule has 2 N–H and O–H groups in total. The predicted molar refractivity (Wildman–Crippen MR) is 109 cm³/mol. The highest BCUT2D eigenvalue weighted by Gasteiger charge is 2.26. The second kappa shape index (κ2) is 8.49. The predicted octanol–water partition coefficient (Wildman–Crippen LogP) is 2.53. The highest BCUT2D eigenvalue weighted by Crippen LogP contribution is 2.32. The van der Waals surface area contributed by atoms with E-state index in [0.717, 1.165) is 44.6 Å². The summed E-state index contributed by atoms with van der Waals surface area (Å²) in [7, 11) is 0. The molecule has 8 nitrogen and oxygen atoms in total. The van der Waals surface area contributed by atoms with Crippen molar-refractivity contribution >= 4 is 22.6 Å². The van der Waals surface area contributed by atoms with Gasteiger partial charge in [0.15, 0.2) is 0 Å². The van der Waals surface area contributed by atoms with Crippen LogP contribution >= 0.6 is 0 Å². The molecule has 162 valence electrons. The van der Waals surface area contributed by atoms with Crippen LogP contribution in [0, 0.1) is 11.7 Å². The molecule has 30 heavy (non-hydrogen) atoms. The Morgan fingerprint density at radius 3 is 2.60 bits per heavy atom. The van der Waals surface area contributed by atoms with E-state index in [1.165, 1.54) is 0 Å². The number of aliphatic carboxylic acids is 1. The third-order valence-electron chi connectivity index (χ3n) is 5.86. The quantitative estimate of drug-likeness (QED) is 0.606. The van der Waals surface area contributed by atoms with E-state index < -0.39 is 23.0 Å². The van der Waals surface area contributed by atoms with Gasteiger partial charge < -0.3 is 15.3 Å². The van der Waals surface area contributed by atoms with Gasteiger partial charge in [0.1, 0.15) is 12.4 Å². The van der Waals surface area contributed by atoms with Gasteiger partial charge in [-0.15, -0.1) is 0 Å². The summed E-state index contributed by atoms with van der Waals surface area (Å²) in [6, 6.07) is 2.63. The minimum absolute atomic E-state index is 0.0780. The molecule has 1 heterocycles. The summed E-state index contributed by atoms with van der Waals surface area (Å²) in [6.07, 6.45) is 5.82. The third kappa shape index (κ3) is 4.20. The first-order valence-corrected chi connectivity index (χ1v) is 10.6. The van der Waals surface area contributed by atoms with Gasteiger partial charge in [-0.3, -0.25) is 14.2 Å². The van der Waals surface area contributed by atoms with Gasteiger partial charge in [-0.25, -0.2) is 9.18 Å². The van der Waals surface area contributed by atoms with Crippen LogP contribution in [0.15, 0.2) is 21.7 Å². The maximum atomic E-state index is 14.7. The molecule has 4 rings (SSSR count). The van der Waals surface area contributed by atoms with Crippen molar-refractivity contribution in [2.45, 2.75) is 57.4 Å². The molecule has 9 heteroatoms. The van der Waals surface area contributed by atoms with Gasteiger partial charge in [0, 0.05) is 19.0 Å². The zero-order chi connectivity index (χ0) is 21.3. The minimum atomic E-state index is -0.985. The van der Waals surface area contributed by atoms with E-state index >= 15 is 0 Å². The first kappa shape index (κ1) is 20.4. The molecule has 2 aliphatic rings. The molecule has 0 aliphatic heterocycles. The number of carbonyl (C=O) groups is 1. The van der Waals surface area contributed by atoms with Crippen LogP contribution in [0.3, 0.4) is 0 Å². The SMILES string of the molecule is O=C(O)CCCOn1c(=O)c2cc(F)c(NCC3CC3)cc2n(C2CCCC2)c1=O. The first-order chi connectivity index (χ1) is 14.5. The molecule has 1 aromatic heterocycles. The molecule has 0 unspecified atom stereocenters. The molecule has 2 aliphatic carbocycles. The van der Waals surface area contributed by atoms with Crippen molar-refractivity contribution in [1.29, 1.82) is 0 Å². The van der Waals surface area contributed by atoms with Crippen LogP contribution in [0.25, 0.3) is 10.9 Å². The summed E-state index contributed by atoms with van der Waals surface area (Å²) in [5.74, 6) is -0.986. The van der Waals surface area contributed by atoms with Crippen molar-refractivity contribution in [1.82, 2.24) is 9.30 Å². The highest BCUT2D eigenvalue weighted by atomic mass is 19.1. The van der Waals surface area contributed by atoms with Crippen molar-refractivity contribution in [2.75, 3.05) is 18.5 Å². The molecule has 0 amide bonds. The maximum absolute atomic E-state index is 14.7. The number of nitrogens with one attached hydrogen (secondary N) is 1. The fraction of sp³-hybridized carbons (Fsp3) is 0.571. The van der Waals surface area contributed by atoms with Gasteiger partial charge in [0.25, 0.3) is 5.56 Å². The first-order valence-electron chi connectivity index (χ1n) is 10.6. The molecule has 2 fully saturated rings. The van der Waals surface area contributed by atoms with Gasteiger partial charge in [-0.2, -0.15) is 0 Å². The molecule has 0 saturated heterocycles. The number of carboxylic acids is 1. The largest absolute Gasteiger partial charge is 0.481 e. The Hall–Kier alpha value is -2.84. The van der Waals surface area contributed by atoms with E-state index in [1.54, 1.807) is 10.6 Å². The van der Waals surface area contributed by atoms with Crippen molar-refractivity contribution in [3.63, 3.8) is 0 Å². The molecule has 2 saturated carbocycles. The lowest BCUT2D eigenvalue weighted by atomic mass is 10.1. The van der Waals surface area contributed by atoms with E-state index in [1.807, 2.05) is 0 Å². The van der Waals surface area contributed by atoms with E-state index in [4.69, 9.17) is 9.94 Å². The lowest BCUT2D eigenvalue weighted by Gasteiger charge is -2.20. The summed E-state index contributed by atoms with van der Waals surface area (Å²) in [6.45, 7) is 0.570. The third-order valence-corrected chi connectivity index (χ3v) is 5.86. The zero-order valence-corrected chi connectivity index (χ0v) is 16.7. The number of aromatic nitrogens is 2. The number of halogens is 1. The summed E-state index contributed by atoms with van der Waals surface area (Å²) >= 11 is 0. The Labute approximate surface area is 172 Å². The lowest BCUT2D eigenvalue weighted by molar-refractivity contribution is -0.137. The Balaban J connectivity index is 1.76. The van der Waals surface area contributed by atoms with Crippen molar-refractivity contribution < 1.29 is 19.1 Å². The smallest absolute Gasteiger partial charge is 0.365 e. The average molecular weight is 419 g/mol. The monoisotopic (exact) mass is 419 g/mol. The van der Waals surface area contributed by atoms with Gasteiger partial charge in [0.05, 0.1) is 16.6 Å². The number of benzene rings is 1. The van der Waals surface area contributed by atoms with E-state index in [0.29, 0.717) is 28.4 Å². The average Bonchev–Trinajstić information content (AvgIpc) is 3.39. The van der Waals surface area contributed by atoms with Gasteiger partial charge in [0.2, 0.25) is 0 Å². The fourth-order valence-corrected chi connectivity index (χ4v) is 4.05. The van der Waals surface area contributed by atoms with Crippen molar-refractivity contribution in [3.05, 3.63) is 38.8 Å². The molecular weight excluding hydrogens is 393 g/mol. The Bertz CT molecular complexity index is 1070. The maximum Gasteiger partial charge on any atom is 0.365 e. The second-order valence-electron chi connectivity index (χ2n) is 8.19. The van der Waals surface area contributed by atoms with Crippen LogP contribution in [0.1, 0.15) is 57.4 Å². The standard InChI is InChI=1S/C21H26FN3O5/c22-16-10-15-18(11-17(16)23-12-13-7-8-13)24(14-4-1-2-5-14)21(29)25(20(15)28)30-9-3-6-19(26)27/h10-11,13-14,23H,1-9,12H2,(H,26,27). The van der Waals surface area contributed by atoms with E-state index in [9.17, 15) is 18.8 Å². The summed E-state index contributed by atoms with van der Waals surface area (Å²) in [4.78, 5) is 42.1. The number of fused-ring (bicyclic) bond motifs is 1. The Morgan fingerprint density at radius 2 is 1.93 bits per heavy atom.